The van der Waals surface area contributed by atoms with E-state index in [1.54, 1.807) is 0 Å². The summed E-state index contributed by atoms with van der Waals surface area (Å²) in [7, 11) is 0.750. The predicted molar refractivity (Wildman–Crippen MR) is 99.0 cm³/mol. The van der Waals surface area contributed by atoms with Crippen molar-refractivity contribution in [2.24, 2.45) is 0 Å². The largest absolute Gasteiger partial charge is 4.00 e. The van der Waals surface area contributed by atoms with Crippen LogP contribution in [0, 0.1) is 6.07 Å². The Bertz CT molecular complexity index is 546. The Balaban J connectivity index is 0. The van der Waals surface area contributed by atoms with Gasteiger partial charge in [0.15, 0.2) is 0 Å². The Kier molecular flexibility index (Phi) is 16.5. The summed E-state index contributed by atoms with van der Waals surface area (Å²) in [4.78, 5) is 0. The van der Waals surface area contributed by atoms with E-state index >= 15 is 0 Å². The minimum absolute atomic E-state index is 0. The molecule has 0 saturated heterocycles. The van der Waals surface area contributed by atoms with Crippen LogP contribution >= 0.6 is 0 Å². The number of halogens is 2. The molecule has 0 heterocycles. The first-order chi connectivity index (χ1) is 10.8. The van der Waals surface area contributed by atoms with E-state index in [1.807, 2.05) is 6.07 Å². The Morgan fingerprint density at radius 3 is 2.08 bits per heavy atom. The van der Waals surface area contributed by atoms with Gasteiger partial charge in [-0.25, -0.2) is 0 Å². The van der Waals surface area contributed by atoms with Crippen molar-refractivity contribution < 1.29 is 50.7 Å². The summed E-state index contributed by atoms with van der Waals surface area (Å²) in [6, 6.07) is 18.4. The molecule has 1 N–H and O–H groups in total. The van der Waals surface area contributed by atoms with Crippen LogP contribution in [-0.4, -0.2) is 15.6 Å². The van der Waals surface area contributed by atoms with Crippen LogP contribution in [0.2, 0.25) is 13.1 Å². The van der Waals surface area contributed by atoms with Crippen LogP contribution < -0.4 is 24.8 Å². The molecule has 0 amide bonds. The van der Waals surface area contributed by atoms with Crippen LogP contribution in [0.25, 0.3) is 16.9 Å². The monoisotopic (exact) mass is 558 g/mol. The molecule has 0 unspecified atom stereocenters. The van der Waals surface area contributed by atoms with Crippen LogP contribution in [0.15, 0.2) is 42.5 Å². The molecule has 1 nitrogen and oxygen atoms in total. The summed E-state index contributed by atoms with van der Waals surface area (Å²) in [5.74, 6) is 0. The molecule has 0 bridgehead atoms. The van der Waals surface area contributed by atoms with Gasteiger partial charge in [0.25, 0.3) is 0 Å². The molecule has 0 atom stereocenters. The second-order valence-electron chi connectivity index (χ2n) is 5.96. The fourth-order valence-corrected chi connectivity index (χ4v) is 2.92. The van der Waals surface area contributed by atoms with Gasteiger partial charge in [-0.15, -0.1) is 11.6 Å². The van der Waals surface area contributed by atoms with Crippen molar-refractivity contribution in [1.29, 1.82) is 0 Å². The second kappa shape index (κ2) is 15.2. The number of hydrogen-bond acceptors (Lipinski definition) is 0. The van der Waals surface area contributed by atoms with Gasteiger partial charge in [0.1, 0.15) is 0 Å². The van der Waals surface area contributed by atoms with E-state index in [2.05, 4.69) is 55.6 Å². The molecule has 0 aliphatic heterocycles. The van der Waals surface area contributed by atoms with Crippen LogP contribution in [0.4, 0.5) is 0 Å². The quantitative estimate of drug-likeness (QED) is 0.265. The molecule has 5 heteroatoms. The van der Waals surface area contributed by atoms with Gasteiger partial charge in [-0.3, -0.25) is 0 Å². The Morgan fingerprint density at radius 1 is 0.960 bits per heavy atom. The molecule has 2 aromatic rings. The van der Waals surface area contributed by atoms with Crippen molar-refractivity contribution in [2.45, 2.75) is 51.2 Å². The number of rotatable bonds is 0. The van der Waals surface area contributed by atoms with E-state index in [0.29, 0.717) is 6.04 Å². The molecular weight excluding hydrogens is 532 g/mol. The summed E-state index contributed by atoms with van der Waals surface area (Å²) < 4.78 is 0. The average Bonchev–Trinajstić information content (AvgIpc) is 3.15. The molecular formula is C20H26Cl2HfNSi. The number of nitrogens with one attached hydrogen (secondary N) is 1. The first kappa shape index (κ1) is 27.3. The normalized spacial score (nSPS) is 13.2. The Labute approximate surface area is 187 Å². The molecule has 25 heavy (non-hydrogen) atoms. The molecule has 1 fully saturated rings. The van der Waals surface area contributed by atoms with Crippen molar-refractivity contribution in [1.82, 2.24) is 0 Å². The van der Waals surface area contributed by atoms with Gasteiger partial charge in [-0.1, -0.05) is 74.2 Å². The van der Waals surface area contributed by atoms with E-state index in [4.69, 9.17) is 5.73 Å². The van der Waals surface area contributed by atoms with Crippen LogP contribution in [0.5, 0.6) is 0 Å². The molecule has 0 spiro atoms. The molecule has 2 aliphatic carbocycles. The summed E-state index contributed by atoms with van der Waals surface area (Å²) in [5.41, 5.74) is 12.6. The first-order valence-corrected chi connectivity index (χ1v) is 10.6. The van der Waals surface area contributed by atoms with E-state index < -0.39 is 0 Å². The van der Waals surface area contributed by atoms with Gasteiger partial charge >= 0.3 is 25.8 Å². The molecule has 1 radical (unpaired) electrons. The van der Waals surface area contributed by atoms with Crippen LogP contribution in [-0.2, 0) is 32.3 Å². The van der Waals surface area contributed by atoms with Gasteiger partial charge in [-0.2, -0.15) is 29.8 Å². The van der Waals surface area contributed by atoms with Gasteiger partial charge in [0, 0.05) is 9.52 Å². The first-order valence-electron chi connectivity index (χ1n) is 8.29. The summed E-state index contributed by atoms with van der Waals surface area (Å²) in [6.07, 6.45) is 5.95. The van der Waals surface area contributed by atoms with E-state index in [0.717, 1.165) is 28.8 Å². The number of fused-ring (bicyclic) bond motifs is 3. The van der Waals surface area contributed by atoms with E-state index in [1.165, 1.54) is 35.1 Å². The van der Waals surface area contributed by atoms with Crippen LogP contribution in [0.3, 0.4) is 0 Å². The minimum atomic E-state index is 0. The topological polar surface area (TPSA) is 23.8 Å². The third-order valence-corrected chi connectivity index (χ3v) is 3.97. The zero-order valence-corrected chi connectivity index (χ0v) is 21.2. The zero-order chi connectivity index (χ0) is 15.8. The average molecular weight is 558 g/mol. The van der Waals surface area contributed by atoms with E-state index in [-0.39, 0.29) is 50.7 Å². The van der Waals surface area contributed by atoms with Crippen molar-refractivity contribution in [3.8, 4) is 11.1 Å². The molecule has 133 valence electrons. The summed E-state index contributed by atoms with van der Waals surface area (Å²) >= 11 is 0. The number of benzene rings is 2. The Morgan fingerprint density at radius 2 is 1.52 bits per heavy atom. The summed E-state index contributed by atoms with van der Waals surface area (Å²) in [6.45, 7) is 4.42. The zero-order valence-electron chi connectivity index (χ0n) is 15.0. The fourth-order valence-electron chi connectivity index (χ4n) is 2.92. The molecule has 4 rings (SSSR count). The molecule has 1 saturated carbocycles. The summed E-state index contributed by atoms with van der Waals surface area (Å²) in [5, 5.41) is 0. The fraction of sp³-hybridized carbons (Fsp3) is 0.400. The maximum Gasteiger partial charge on any atom is 4.00 e. The van der Waals surface area contributed by atoms with Crippen molar-refractivity contribution >= 4 is 9.52 Å². The second-order valence-corrected chi connectivity index (χ2v) is 7.11. The maximum absolute atomic E-state index is 7.13. The van der Waals surface area contributed by atoms with Crippen molar-refractivity contribution in [3.05, 3.63) is 65.4 Å². The third-order valence-electron chi connectivity index (χ3n) is 3.97. The van der Waals surface area contributed by atoms with Gasteiger partial charge < -0.3 is 30.5 Å². The SMILES string of the molecule is C[SiH]C.[Cl-].[Cl-].[Hf+4].[NH-]C1CCCC1.[c-]1cccc2c1Cc1ccccc1-2. The molecule has 2 aromatic carbocycles. The van der Waals surface area contributed by atoms with Crippen molar-refractivity contribution in [2.75, 3.05) is 0 Å². The Hall–Kier alpha value is 0.0670. The molecule has 0 aromatic heterocycles. The maximum atomic E-state index is 7.13. The smallest absolute Gasteiger partial charge is 1.00 e. The van der Waals surface area contributed by atoms with Gasteiger partial charge in [0.2, 0.25) is 0 Å². The third kappa shape index (κ3) is 8.53. The standard InChI is InChI=1S/C13H9.C5H10N.C2H7Si.2ClH.Hf/c1-3-7-12-10(5-1)9-11-6-2-4-8-13(11)12;6-5-3-1-2-4-5;1-3-2;;;/h1-5,7-8H,9H2;5-6H,1-4H2;3H,1-2H3;2*1H;/q2*-1;;;;+4/p-2. The van der Waals surface area contributed by atoms with Gasteiger partial charge in [-0.05, 0) is 6.42 Å². The predicted octanol–water partition coefficient (Wildman–Crippen LogP) is -0.436. The van der Waals surface area contributed by atoms with Crippen LogP contribution in [0.1, 0.15) is 36.8 Å². The van der Waals surface area contributed by atoms with Crippen molar-refractivity contribution in [3.63, 3.8) is 0 Å². The molecule has 2 aliphatic rings. The minimum Gasteiger partial charge on any atom is -1.00 e. The van der Waals surface area contributed by atoms with E-state index in [9.17, 15) is 0 Å². The van der Waals surface area contributed by atoms with Gasteiger partial charge in [0.05, 0.1) is 0 Å². The number of hydrogen-bond donors (Lipinski definition) is 0.